The van der Waals surface area contributed by atoms with Crippen molar-refractivity contribution in [1.82, 2.24) is 20.1 Å². The van der Waals surface area contributed by atoms with Crippen LogP contribution in [0, 0.1) is 0 Å². The van der Waals surface area contributed by atoms with Crippen molar-refractivity contribution in [2.45, 2.75) is 11.4 Å². The number of aromatic nitrogens is 3. The van der Waals surface area contributed by atoms with Crippen molar-refractivity contribution in [1.29, 1.82) is 0 Å². The summed E-state index contributed by atoms with van der Waals surface area (Å²) in [5.74, 6) is 0.144. The highest BCUT2D eigenvalue weighted by Crippen LogP contribution is 2.16. The van der Waals surface area contributed by atoms with Gasteiger partial charge in [0.15, 0.2) is 15.7 Å². The topological polar surface area (TPSA) is 120 Å². The summed E-state index contributed by atoms with van der Waals surface area (Å²) >= 11 is 0. The van der Waals surface area contributed by atoms with Crippen LogP contribution in [-0.2, 0) is 23.4 Å². The van der Waals surface area contributed by atoms with Crippen LogP contribution in [0.2, 0.25) is 0 Å². The molecule has 0 saturated heterocycles. The van der Waals surface area contributed by atoms with E-state index in [1.807, 2.05) is 0 Å². The number of nitrogens with two attached hydrogens (primary N) is 1. The lowest BCUT2D eigenvalue weighted by Gasteiger charge is -2.07. The molecule has 112 valence electrons. The summed E-state index contributed by atoms with van der Waals surface area (Å²) in [5.41, 5.74) is 6.03. The molecule has 2 aromatic rings. The van der Waals surface area contributed by atoms with Gasteiger partial charge in [0.1, 0.15) is 6.33 Å². The molecule has 2 rings (SSSR count). The summed E-state index contributed by atoms with van der Waals surface area (Å²) in [6.07, 6.45) is 2.58. The summed E-state index contributed by atoms with van der Waals surface area (Å²) in [7, 11) is -1.68. The molecule has 0 aliphatic rings. The normalized spacial score (nSPS) is 11.3. The number of sulfone groups is 1. The standard InChI is InChI=1S/C12H15N5O3S/c1-17-7-15-16-11(17)6-14-12(18)8-3-9(13)5-10(4-8)21(2,19)20/h3-5,7H,6,13H2,1-2H3,(H,14,18). The smallest absolute Gasteiger partial charge is 0.251 e. The fourth-order valence-electron chi connectivity index (χ4n) is 1.70. The molecular formula is C12H15N5O3S. The number of anilines is 1. The molecule has 9 heteroatoms. The molecule has 21 heavy (non-hydrogen) atoms. The van der Waals surface area contributed by atoms with Crippen LogP contribution in [0.4, 0.5) is 5.69 Å². The second kappa shape index (κ2) is 5.52. The van der Waals surface area contributed by atoms with Crippen LogP contribution < -0.4 is 11.1 Å². The molecule has 0 bridgehead atoms. The molecule has 1 aromatic carbocycles. The fraction of sp³-hybridized carbons (Fsp3) is 0.250. The highest BCUT2D eigenvalue weighted by molar-refractivity contribution is 7.90. The average molecular weight is 309 g/mol. The Morgan fingerprint density at radius 2 is 2.10 bits per heavy atom. The molecule has 0 unspecified atom stereocenters. The first kappa shape index (κ1) is 15.0. The van der Waals surface area contributed by atoms with E-state index < -0.39 is 15.7 Å². The molecule has 1 amide bonds. The number of hydrogen-bond acceptors (Lipinski definition) is 6. The predicted octanol–water partition coefficient (Wildman–Crippen LogP) is -0.269. The Hall–Kier alpha value is -2.42. The molecule has 3 N–H and O–H groups in total. The second-order valence-electron chi connectivity index (χ2n) is 4.60. The SMILES string of the molecule is Cn1cnnc1CNC(=O)c1cc(N)cc(S(C)(=O)=O)c1. The van der Waals surface area contributed by atoms with Gasteiger partial charge in [0.05, 0.1) is 11.4 Å². The highest BCUT2D eigenvalue weighted by Gasteiger charge is 2.14. The zero-order valence-corrected chi connectivity index (χ0v) is 12.4. The highest BCUT2D eigenvalue weighted by atomic mass is 32.2. The van der Waals surface area contributed by atoms with Crippen molar-refractivity contribution >= 4 is 21.4 Å². The maximum atomic E-state index is 12.1. The lowest BCUT2D eigenvalue weighted by Crippen LogP contribution is -2.24. The largest absolute Gasteiger partial charge is 0.399 e. The Balaban J connectivity index is 2.20. The number of rotatable bonds is 4. The third-order valence-corrected chi connectivity index (χ3v) is 3.92. The van der Waals surface area contributed by atoms with Gasteiger partial charge in [-0.25, -0.2) is 8.42 Å². The van der Waals surface area contributed by atoms with Crippen molar-refractivity contribution in [3.63, 3.8) is 0 Å². The number of aryl methyl sites for hydroxylation is 1. The van der Waals surface area contributed by atoms with Crippen molar-refractivity contribution in [2.75, 3.05) is 12.0 Å². The Labute approximate surface area is 121 Å². The van der Waals surface area contributed by atoms with Crippen LogP contribution in [0.15, 0.2) is 29.4 Å². The zero-order valence-electron chi connectivity index (χ0n) is 11.6. The third-order valence-electron chi connectivity index (χ3n) is 2.83. The number of nitrogens with one attached hydrogen (secondary N) is 1. The van der Waals surface area contributed by atoms with Crippen LogP contribution in [0.5, 0.6) is 0 Å². The van der Waals surface area contributed by atoms with E-state index >= 15 is 0 Å². The number of carbonyl (C=O) groups is 1. The maximum Gasteiger partial charge on any atom is 0.251 e. The molecule has 0 radical (unpaired) electrons. The van der Waals surface area contributed by atoms with Crippen LogP contribution in [0.3, 0.4) is 0 Å². The molecule has 0 atom stereocenters. The van der Waals surface area contributed by atoms with Gasteiger partial charge in [-0.05, 0) is 18.2 Å². The Morgan fingerprint density at radius 1 is 1.38 bits per heavy atom. The van der Waals surface area contributed by atoms with E-state index in [2.05, 4.69) is 15.5 Å². The number of hydrogen-bond donors (Lipinski definition) is 2. The minimum atomic E-state index is -3.43. The molecule has 0 fully saturated rings. The monoisotopic (exact) mass is 309 g/mol. The molecule has 0 saturated carbocycles. The van der Waals surface area contributed by atoms with Gasteiger partial charge in [0, 0.05) is 24.6 Å². The van der Waals surface area contributed by atoms with E-state index in [1.54, 1.807) is 11.6 Å². The third kappa shape index (κ3) is 3.57. The minimum absolute atomic E-state index is 0.00584. The number of nitrogen functional groups attached to an aromatic ring is 1. The summed E-state index contributed by atoms with van der Waals surface area (Å²) in [6, 6.07) is 4.02. The number of benzene rings is 1. The van der Waals surface area contributed by atoms with Crippen LogP contribution in [-0.4, -0.2) is 35.3 Å². The summed E-state index contributed by atoms with van der Waals surface area (Å²) in [6.45, 7) is 0.179. The molecule has 1 heterocycles. The Morgan fingerprint density at radius 3 is 2.67 bits per heavy atom. The fourth-order valence-corrected chi connectivity index (χ4v) is 2.39. The van der Waals surface area contributed by atoms with Crippen molar-refractivity contribution in [3.8, 4) is 0 Å². The maximum absolute atomic E-state index is 12.1. The zero-order chi connectivity index (χ0) is 15.6. The summed E-state index contributed by atoms with van der Waals surface area (Å²) < 4.78 is 24.7. The van der Waals surface area contributed by atoms with E-state index in [0.29, 0.717) is 5.82 Å². The van der Waals surface area contributed by atoms with Crippen molar-refractivity contribution in [3.05, 3.63) is 35.9 Å². The Bertz CT molecular complexity index is 782. The first-order chi connectivity index (χ1) is 9.77. The van der Waals surface area contributed by atoms with Gasteiger partial charge in [-0.15, -0.1) is 10.2 Å². The molecule has 0 aliphatic carbocycles. The summed E-state index contributed by atoms with van der Waals surface area (Å²) in [5, 5.41) is 10.2. The van der Waals surface area contributed by atoms with Gasteiger partial charge in [-0.2, -0.15) is 0 Å². The molecule has 0 spiro atoms. The van der Waals surface area contributed by atoms with Crippen LogP contribution in [0.25, 0.3) is 0 Å². The van der Waals surface area contributed by atoms with Gasteiger partial charge in [0.2, 0.25) is 0 Å². The van der Waals surface area contributed by atoms with Crippen molar-refractivity contribution < 1.29 is 13.2 Å². The second-order valence-corrected chi connectivity index (χ2v) is 6.62. The van der Waals surface area contributed by atoms with E-state index in [-0.39, 0.29) is 22.7 Å². The predicted molar refractivity (Wildman–Crippen MR) is 76.1 cm³/mol. The van der Waals surface area contributed by atoms with Gasteiger partial charge in [-0.3, -0.25) is 4.79 Å². The molecular weight excluding hydrogens is 294 g/mol. The first-order valence-corrected chi connectivity index (χ1v) is 7.88. The quantitative estimate of drug-likeness (QED) is 0.750. The van der Waals surface area contributed by atoms with E-state index in [4.69, 9.17) is 5.73 Å². The Kier molecular flexibility index (Phi) is 3.94. The van der Waals surface area contributed by atoms with Gasteiger partial charge >= 0.3 is 0 Å². The molecule has 0 aliphatic heterocycles. The number of amides is 1. The molecule has 1 aromatic heterocycles. The number of nitrogens with zero attached hydrogens (tertiary/aromatic N) is 3. The van der Waals surface area contributed by atoms with Crippen LogP contribution in [0.1, 0.15) is 16.2 Å². The van der Waals surface area contributed by atoms with Gasteiger partial charge in [0.25, 0.3) is 5.91 Å². The average Bonchev–Trinajstić information content (AvgIpc) is 2.79. The van der Waals surface area contributed by atoms with E-state index in [9.17, 15) is 13.2 Å². The van der Waals surface area contributed by atoms with E-state index in [1.165, 1.54) is 24.5 Å². The summed E-state index contributed by atoms with van der Waals surface area (Å²) in [4.78, 5) is 12.1. The van der Waals surface area contributed by atoms with Crippen LogP contribution >= 0.6 is 0 Å². The van der Waals surface area contributed by atoms with Gasteiger partial charge < -0.3 is 15.6 Å². The van der Waals surface area contributed by atoms with Gasteiger partial charge in [-0.1, -0.05) is 0 Å². The lowest BCUT2D eigenvalue weighted by atomic mass is 10.2. The lowest BCUT2D eigenvalue weighted by molar-refractivity contribution is 0.0949. The van der Waals surface area contributed by atoms with Crippen molar-refractivity contribution in [2.24, 2.45) is 7.05 Å². The molecule has 8 nitrogen and oxygen atoms in total. The first-order valence-electron chi connectivity index (χ1n) is 5.99. The minimum Gasteiger partial charge on any atom is -0.399 e. The number of carbonyl (C=O) groups excluding carboxylic acids is 1. The van der Waals surface area contributed by atoms with E-state index in [0.717, 1.165) is 6.26 Å².